The van der Waals surface area contributed by atoms with Gasteiger partial charge in [-0.05, 0) is 0 Å². The molecule has 0 rings (SSSR count). The van der Waals surface area contributed by atoms with E-state index in [-0.39, 0.29) is 69.2 Å². The molecular weight excluding hydrogens is 200 g/mol. The van der Waals surface area contributed by atoms with Crippen LogP contribution in [0.25, 0.3) is 0 Å². The molecule has 0 saturated heterocycles. The van der Waals surface area contributed by atoms with E-state index in [9.17, 15) is 0 Å². The molecule has 0 heterocycles. The van der Waals surface area contributed by atoms with E-state index in [1.54, 1.807) is 0 Å². The summed E-state index contributed by atoms with van der Waals surface area (Å²) in [6, 6.07) is 0. The zero-order valence-electron chi connectivity index (χ0n) is 2.40. The molecule has 0 aromatic carbocycles. The summed E-state index contributed by atoms with van der Waals surface area (Å²) < 4.78 is 0. The fourth-order valence-corrected chi connectivity index (χ4v) is 0. The van der Waals surface area contributed by atoms with Gasteiger partial charge in [0.05, 0.1) is 0 Å². The van der Waals surface area contributed by atoms with Crippen LogP contribution in [0.3, 0.4) is 0 Å². The van der Waals surface area contributed by atoms with Crippen LogP contribution in [-0.2, 0) is 69.2 Å². The van der Waals surface area contributed by atoms with Gasteiger partial charge in [-0.15, -0.1) is 0 Å². The molecule has 0 aliphatic carbocycles. The van der Waals surface area contributed by atoms with Crippen LogP contribution in [0.5, 0.6) is 0 Å². The monoisotopic (exact) mass is 199 g/mol. The normalized spacial score (nSPS) is 0. The van der Waals surface area contributed by atoms with Crippen LogP contribution in [-0.4, -0.2) is 0 Å². The molecule has 0 amide bonds. The van der Waals surface area contributed by atoms with Crippen molar-refractivity contribution in [1.82, 2.24) is 0 Å². The number of hydrogen-bond donors (Lipinski definition) is 0. The molecule has 0 fully saturated rings. The number of rotatable bonds is 0. The van der Waals surface area contributed by atoms with Crippen LogP contribution in [0.1, 0.15) is 0 Å². The Hall–Kier alpha value is 1.78. The van der Waals surface area contributed by atoms with Gasteiger partial charge in [0.15, 0.2) is 0 Å². The fraction of sp³-hybridized carbons (Fsp3) is 0. The average molecular weight is 200 g/mol. The second kappa shape index (κ2) is 41.7. The minimum Gasteiger partial charge on any atom is -2.00 e. The average Bonchev–Trinajstić information content (AvgIpc) is 0. The molecule has 0 aromatic rings. The third-order valence-corrected chi connectivity index (χ3v) is 0. The zero-order chi connectivity index (χ0) is 0. The van der Waals surface area contributed by atoms with Crippen molar-refractivity contribution >= 4 is 0 Å². The van der Waals surface area contributed by atoms with Crippen LogP contribution in [0, 0.1) is 0 Å². The summed E-state index contributed by atoms with van der Waals surface area (Å²) in [4.78, 5) is 0. The Labute approximate surface area is 68.8 Å². The van der Waals surface area contributed by atoms with Gasteiger partial charge in [0.1, 0.15) is 0 Å². The van der Waals surface area contributed by atoms with E-state index < -0.39 is 0 Å². The maximum atomic E-state index is 0. The van der Waals surface area contributed by atoms with E-state index in [1.807, 2.05) is 0 Å². The van der Waals surface area contributed by atoms with Crippen LogP contribution < -0.4 is 0 Å². The van der Waals surface area contributed by atoms with E-state index in [0.717, 1.165) is 0 Å². The maximum absolute atomic E-state index is 0. The molecule has 0 aliphatic heterocycles. The molecule has 0 unspecified atom stereocenters. The van der Waals surface area contributed by atoms with Gasteiger partial charge in [-0.2, -0.15) is 0 Å². The molecule has 0 aliphatic rings. The molecule has 2 nitrogen and oxygen atoms in total. The Kier molecular flexibility index (Phi) is 598. The first kappa shape index (κ1) is 71.6. The largest absolute Gasteiger partial charge is 4.00 e. The van der Waals surface area contributed by atoms with Crippen molar-refractivity contribution < 1.29 is 69.2 Å². The predicted molar refractivity (Wildman–Crippen MR) is 1.37 cm³/mol. The number of hydrogen-bond acceptors (Lipinski definition) is 0. The van der Waals surface area contributed by atoms with Gasteiger partial charge < -0.3 is 11.0 Å². The third-order valence-electron chi connectivity index (χ3n) is 0. The molecule has 0 aromatic heterocycles. The topological polar surface area (TPSA) is 57.0 Å². The summed E-state index contributed by atoms with van der Waals surface area (Å²) in [7, 11) is 0. The van der Waals surface area contributed by atoms with E-state index in [0.29, 0.717) is 0 Å². The second-order valence-electron chi connectivity index (χ2n) is 0. The molecule has 1 radical (unpaired) electrons. The van der Waals surface area contributed by atoms with E-state index in [2.05, 4.69) is 0 Å². The molecule has 0 spiro atoms. The zero-order valence-corrected chi connectivity index (χ0v) is 8.11. The van der Waals surface area contributed by atoms with Crippen molar-refractivity contribution in [3.8, 4) is 0 Å². The molecule has 5 heavy (non-hydrogen) atoms. The SMILES string of the molecule is [Mn+2].[O-2].[O-2].[Ti+4].[Zn+2]. The maximum Gasteiger partial charge on any atom is 4.00 e. The molecular formula is MnO2TiZn+4. The first-order chi connectivity index (χ1) is 0. The summed E-state index contributed by atoms with van der Waals surface area (Å²) >= 11 is 0. The van der Waals surface area contributed by atoms with Gasteiger partial charge in [0.25, 0.3) is 0 Å². The summed E-state index contributed by atoms with van der Waals surface area (Å²) in [6.45, 7) is 0. The van der Waals surface area contributed by atoms with Gasteiger partial charge in [0, 0.05) is 0 Å². The van der Waals surface area contributed by atoms with Gasteiger partial charge >= 0.3 is 58.3 Å². The van der Waals surface area contributed by atoms with Gasteiger partial charge in [-0.3, -0.25) is 0 Å². The van der Waals surface area contributed by atoms with Crippen molar-refractivity contribution in [2.45, 2.75) is 0 Å². The summed E-state index contributed by atoms with van der Waals surface area (Å²) in [5.41, 5.74) is 0. The van der Waals surface area contributed by atoms with Crippen LogP contribution in [0.4, 0.5) is 0 Å². The summed E-state index contributed by atoms with van der Waals surface area (Å²) in [6.07, 6.45) is 0. The Morgan fingerprint density at radius 3 is 0.800 bits per heavy atom. The smallest absolute Gasteiger partial charge is 2.00 e. The van der Waals surface area contributed by atoms with Gasteiger partial charge in [0.2, 0.25) is 0 Å². The first-order valence-electron chi connectivity index (χ1n) is 0. The first-order valence-corrected chi connectivity index (χ1v) is 0. The van der Waals surface area contributed by atoms with Crippen molar-refractivity contribution in [2.24, 2.45) is 0 Å². The summed E-state index contributed by atoms with van der Waals surface area (Å²) in [5.74, 6) is 0. The van der Waals surface area contributed by atoms with E-state index in [4.69, 9.17) is 0 Å². The molecule has 0 atom stereocenters. The van der Waals surface area contributed by atoms with Crippen molar-refractivity contribution in [1.29, 1.82) is 0 Å². The second-order valence-corrected chi connectivity index (χ2v) is 0. The van der Waals surface area contributed by atoms with Crippen molar-refractivity contribution in [3.05, 3.63) is 0 Å². The summed E-state index contributed by atoms with van der Waals surface area (Å²) in [5, 5.41) is 0. The Balaban J connectivity index is 0. The fourth-order valence-electron chi connectivity index (χ4n) is 0. The van der Waals surface area contributed by atoms with Crippen molar-refractivity contribution in [2.75, 3.05) is 0 Å². The van der Waals surface area contributed by atoms with Gasteiger partial charge in [-0.1, -0.05) is 0 Å². The third kappa shape index (κ3) is 26.1. The predicted octanol–water partition coefficient (Wildman–Crippen LogP) is -0.245. The minimum absolute atomic E-state index is 0. The standard InChI is InChI=1S/Mn.2O.Ti.Zn/q+2;2*-2;+4;+2. The van der Waals surface area contributed by atoms with Crippen LogP contribution >= 0.6 is 0 Å². The Morgan fingerprint density at radius 1 is 0.800 bits per heavy atom. The van der Waals surface area contributed by atoms with Crippen LogP contribution in [0.15, 0.2) is 0 Å². The van der Waals surface area contributed by atoms with Crippen molar-refractivity contribution in [3.63, 3.8) is 0 Å². The Bertz CT molecular complexity index is 9.61. The van der Waals surface area contributed by atoms with Gasteiger partial charge in [-0.25, -0.2) is 0 Å². The van der Waals surface area contributed by atoms with E-state index in [1.165, 1.54) is 0 Å². The quantitative estimate of drug-likeness (QED) is 0.484. The minimum atomic E-state index is 0. The molecule has 5 heteroatoms. The molecule has 0 bridgehead atoms. The molecule has 0 N–H and O–H groups in total. The molecule has 0 saturated carbocycles. The van der Waals surface area contributed by atoms with Crippen LogP contribution in [0.2, 0.25) is 0 Å². The Morgan fingerprint density at radius 2 is 0.800 bits per heavy atom. The molecule has 21 valence electrons. The van der Waals surface area contributed by atoms with E-state index >= 15 is 0 Å².